The number of rotatable bonds is 2. The summed E-state index contributed by atoms with van der Waals surface area (Å²) in [6, 6.07) is 17.0. The smallest absolute Gasteiger partial charge is 0.122 e. The second-order valence-electron chi connectivity index (χ2n) is 4.68. The molecule has 3 rings (SSSR count). The molecule has 1 unspecified atom stereocenters. The summed E-state index contributed by atoms with van der Waals surface area (Å²) in [5, 5.41) is 0.515. The van der Waals surface area contributed by atoms with E-state index in [0.29, 0.717) is 5.25 Å². The Morgan fingerprint density at radius 1 is 1.11 bits per heavy atom. The van der Waals surface area contributed by atoms with Crippen LogP contribution in [-0.2, 0) is 6.42 Å². The molecule has 92 valence electrons. The summed E-state index contributed by atoms with van der Waals surface area (Å²) in [6.07, 6.45) is 1.09. The SMILES string of the molecule is Cc1ccc2c(c1)CC(Sc1ccccc1)CO2. The minimum absolute atomic E-state index is 0.515. The predicted octanol–water partition coefficient (Wildman–Crippen LogP) is 4.09. The van der Waals surface area contributed by atoms with Gasteiger partial charge in [0.2, 0.25) is 0 Å². The van der Waals surface area contributed by atoms with Crippen molar-refractivity contribution in [3.8, 4) is 5.75 Å². The standard InChI is InChI=1S/C16H16OS/c1-12-7-8-16-13(9-12)10-15(11-17-16)18-14-5-3-2-4-6-14/h2-9,15H,10-11H2,1H3. The van der Waals surface area contributed by atoms with E-state index in [1.165, 1.54) is 16.0 Å². The lowest BCUT2D eigenvalue weighted by Gasteiger charge is -2.25. The molecule has 0 radical (unpaired) electrons. The van der Waals surface area contributed by atoms with E-state index < -0.39 is 0 Å². The van der Waals surface area contributed by atoms with Gasteiger partial charge in [0.05, 0.1) is 0 Å². The molecule has 0 amide bonds. The van der Waals surface area contributed by atoms with Crippen LogP contribution in [0.4, 0.5) is 0 Å². The molecular formula is C16H16OS. The molecule has 0 spiro atoms. The molecule has 0 fully saturated rings. The number of benzene rings is 2. The molecule has 2 heteroatoms. The van der Waals surface area contributed by atoms with E-state index in [0.717, 1.165) is 18.8 Å². The average molecular weight is 256 g/mol. The van der Waals surface area contributed by atoms with Gasteiger partial charge in [-0.15, -0.1) is 11.8 Å². The van der Waals surface area contributed by atoms with Crippen LogP contribution in [0.3, 0.4) is 0 Å². The minimum atomic E-state index is 0.515. The molecule has 2 aromatic carbocycles. The highest BCUT2D eigenvalue weighted by Crippen LogP contribution is 2.33. The number of fused-ring (bicyclic) bond motifs is 1. The minimum Gasteiger partial charge on any atom is -0.492 e. The fraction of sp³-hybridized carbons (Fsp3) is 0.250. The number of hydrogen-bond acceptors (Lipinski definition) is 2. The number of ether oxygens (including phenoxy) is 1. The van der Waals surface area contributed by atoms with Gasteiger partial charge in [0.15, 0.2) is 0 Å². The predicted molar refractivity (Wildman–Crippen MR) is 76.5 cm³/mol. The lowest BCUT2D eigenvalue weighted by atomic mass is 10.0. The van der Waals surface area contributed by atoms with Crippen molar-refractivity contribution in [2.45, 2.75) is 23.5 Å². The summed E-state index contributed by atoms with van der Waals surface area (Å²) < 4.78 is 5.84. The largest absolute Gasteiger partial charge is 0.492 e. The topological polar surface area (TPSA) is 9.23 Å². The maximum absolute atomic E-state index is 5.84. The first-order valence-electron chi connectivity index (χ1n) is 6.25. The summed E-state index contributed by atoms with van der Waals surface area (Å²) >= 11 is 1.91. The molecule has 0 bridgehead atoms. The van der Waals surface area contributed by atoms with Gasteiger partial charge in [0, 0.05) is 10.1 Å². The third-order valence-electron chi connectivity index (χ3n) is 3.13. The van der Waals surface area contributed by atoms with E-state index in [4.69, 9.17) is 4.74 Å². The van der Waals surface area contributed by atoms with Crippen LogP contribution in [0.5, 0.6) is 5.75 Å². The van der Waals surface area contributed by atoms with E-state index in [1.807, 2.05) is 11.8 Å². The maximum atomic E-state index is 5.84. The van der Waals surface area contributed by atoms with E-state index in [9.17, 15) is 0 Å². The molecule has 18 heavy (non-hydrogen) atoms. The average Bonchev–Trinajstić information content (AvgIpc) is 2.39. The fourth-order valence-electron chi connectivity index (χ4n) is 2.26. The third-order valence-corrected chi connectivity index (χ3v) is 4.31. The van der Waals surface area contributed by atoms with Gasteiger partial charge in [0.25, 0.3) is 0 Å². The van der Waals surface area contributed by atoms with Crippen molar-refractivity contribution in [2.24, 2.45) is 0 Å². The quantitative estimate of drug-likeness (QED) is 0.800. The number of thioether (sulfide) groups is 1. The number of hydrogen-bond donors (Lipinski definition) is 0. The van der Waals surface area contributed by atoms with Gasteiger partial charge in [-0.1, -0.05) is 35.9 Å². The first kappa shape index (κ1) is 11.7. The summed E-state index contributed by atoms with van der Waals surface area (Å²) in [7, 11) is 0. The molecule has 0 N–H and O–H groups in total. The second kappa shape index (κ2) is 5.07. The van der Waals surface area contributed by atoms with E-state index in [1.54, 1.807) is 0 Å². The van der Waals surface area contributed by atoms with Crippen molar-refractivity contribution in [3.63, 3.8) is 0 Å². The zero-order valence-corrected chi connectivity index (χ0v) is 11.2. The molecule has 1 aliphatic rings. The first-order valence-corrected chi connectivity index (χ1v) is 7.13. The van der Waals surface area contributed by atoms with E-state index in [2.05, 4.69) is 55.5 Å². The molecule has 0 saturated carbocycles. The van der Waals surface area contributed by atoms with E-state index >= 15 is 0 Å². The van der Waals surface area contributed by atoms with Crippen LogP contribution in [0, 0.1) is 6.92 Å². The number of aryl methyl sites for hydroxylation is 1. The van der Waals surface area contributed by atoms with Gasteiger partial charge in [-0.25, -0.2) is 0 Å². The van der Waals surface area contributed by atoms with Gasteiger partial charge in [-0.3, -0.25) is 0 Å². The summed E-state index contributed by atoms with van der Waals surface area (Å²) in [5.74, 6) is 1.06. The van der Waals surface area contributed by atoms with Crippen molar-refractivity contribution >= 4 is 11.8 Å². The summed E-state index contributed by atoms with van der Waals surface area (Å²) in [6.45, 7) is 2.93. The molecule has 1 heterocycles. The lowest BCUT2D eigenvalue weighted by Crippen LogP contribution is -2.23. The van der Waals surface area contributed by atoms with Crippen LogP contribution in [0.2, 0.25) is 0 Å². The van der Waals surface area contributed by atoms with Crippen LogP contribution in [0.15, 0.2) is 53.4 Å². The highest BCUT2D eigenvalue weighted by molar-refractivity contribution is 8.00. The Balaban J connectivity index is 1.75. The van der Waals surface area contributed by atoms with Crippen molar-refractivity contribution in [1.82, 2.24) is 0 Å². The van der Waals surface area contributed by atoms with Crippen LogP contribution in [-0.4, -0.2) is 11.9 Å². The molecule has 1 aliphatic heterocycles. The van der Waals surface area contributed by atoms with Crippen LogP contribution < -0.4 is 4.74 Å². The van der Waals surface area contributed by atoms with Crippen molar-refractivity contribution in [2.75, 3.05) is 6.61 Å². The zero-order chi connectivity index (χ0) is 12.4. The van der Waals surface area contributed by atoms with Crippen molar-refractivity contribution < 1.29 is 4.74 Å². The molecular weight excluding hydrogens is 240 g/mol. The molecule has 2 aromatic rings. The van der Waals surface area contributed by atoms with Crippen LogP contribution >= 0.6 is 11.8 Å². The van der Waals surface area contributed by atoms with Gasteiger partial charge in [-0.2, -0.15) is 0 Å². The Labute approximate surface area is 112 Å². The molecule has 0 aliphatic carbocycles. The van der Waals surface area contributed by atoms with Crippen LogP contribution in [0.25, 0.3) is 0 Å². The molecule has 1 nitrogen and oxygen atoms in total. The van der Waals surface area contributed by atoms with Crippen LogP contribution in [0.1, 0.15) is 11.1 Å². The Morgan fingerprint density at radius 2 is 1.94 bits per heavy atom. The second-order valence-corrected chi connectivity index (χ2v) is 6.05. The maximum Gasteiger partial charge on any atom is 0.122 e. The fourth-order valence-corrected chi connectivity index (χ4v) is 3.36. The Bertz CT molecular complexity index is 536. The van der Waals surface area contributed by atoms with Gasteiger partial charge in [-0.05, 0) is 37.1 Å². The van der Waals surface area contributed by atoms with Gasteiger partial charge in [0.1, 0.15) is 12.4 Å². The zero-order valence-electron chi connectivity index (χ0n) is 10.4. The van der Waals surface area contributed by atoms with Crippen molar-refractivity contribution in [1.29, 1.82) is 0 Å². The lowest BCUT2D eigenvalue weighted by molar-refractivity contribution is 0.294. The third kappa shape index (κ3) is 2.54. The molecule has 0 aromatic heterocycles. The molecule has 1 atom stereocenters. The Hall–Kier alpha value is -1.41. The highest BCUT2D eigenvalue weighted by atomic mass is 32.2. The van der Waals surface area contributed by atoms with Crippen molar-refractivity contribution in [3.05, 3.63) is 59.7 Å². The monoisotopic (exact) mass is 256 g/mol. The summed E-state index contributed by atoms with van der Waals surface area (Å²) in [4.78, 5) is 1.32. The Kier molecular flexibility index (Phi) is 3.28. The highest BCUT2D eigenvalue weighted by Gasteiger charge is 2.20. The van der Waals surface area contributed by atoms with E-state index in [-0.39, 0.29) is 0 Å². The van der Waals surface area contributed by atoms with Gasteiger partial charge >= 0.3 is 0 Å². The molecule has 0 saturated heterocycles. The Morgan fingerprint density at radius 3 is 2.78 bits per heavy atom. The normalized spacial score (nSPS) is 17.9. The first-order chi connectivity index (χ1) is 8.81. The van der Waals surface area contributed by atoms with Gasteiger partial charge < -0.3 is 4.74 Å². The summed E-state index contributed by atoms with van der Waals surface area (Å²) in [5.41, 5.74) is 2.65.